The summed E-state index contributed by atoms with van der Waals surface area (Å²) in [6.07, 6.45) is 5.51. The van der Waals surface area contributed by atoms with Crippen molar-refractivity contribution in [2.24, 2.45) is 11.8 Å². The number of hydrogen-bond acceptors (Lipinski definition) is 4. The predicted octanol–water partition coefficient (Wildman–Crippen LogP) is 1.05. The fourth-order valence-corrected chi connectivity index (χ4v) is 3.08. The number of allylic oxidation sites excluding steroid dienone is 2. The van der Waals surface area contributed by atoms with Gasteiger partial charge in [-0.05, 0) is 30.4 Å². The van der Waals surface area contributed by atoms with Gasteiger partial charge in [0.25, 0.3) is 0 Å². The molecule has 17 heavy (non-hydrogen) atoms. The Morgan fingerprint density at radius 2 is 2.29 bits per heavy atom. The Bertz CT molecular complexity index is 581. The Kier molecular flexibility index (Phi) is 1.62. The maximum absolute atomic E-state index is 4.43. The number of hydrogen-bond donors (Lipinski definition) is 2. The molecule has 2 heterocycles. The van der Waals surface area contributed by atoms with Gasteiger partial charge >= 0.3 is 0 Å². The van der Waals surface area contributed by atoms with Crippen LogP contribution in [0.1, 0.15) is 24.1 Å². The van der Waals surface area contributed by atoms with Crippen molar-refractivity contribution < 1.29 is 0 Å². The molecule has 2 aliphatic carbocycles. The number of nitrogens with one attached hydrogen (secondary N) is 2. The van der Waals surface area contributed by atoms with Gasteiger partial charge in [0, 0.05) is 11.5 Å². The minimum absolute atomic E-state index is 0.609. The summed E-state index contributed by atoms with van der Waals surface area (Å²) in [5.41, 5.74) is 3.42. The van der Waals surface area contributed by atoms with Crippen LogP contribution >= 0.6 is 0 Å². The smallest absolute Gasteiger partial charge is 0.222 e. The molecule has 0 aliphatic heterocycles. The van der Waals surface area contributed by atoms with Gasteiger partial charge in [0.1, 0.15) is 5.69 Å². The van der Waals surface area contributed by atoms with E-state index in [4.69, 9.17) is 0 Å². The molecule has 0 saturated heterocycles. The number of rotatable bonds is 2. The second kappa shape index (κ2) is 3.03. The van der Waals surface area contributed by atoms with Crippen LogP contribution in [0, 0.1) is 11.8 Å². The first-order chi connectivity index (χ1) is 8.40. The number of aromatic amines is 2. The Hall–Kier alpha value is -1.98. The van der Waals surface area contributed by atoms with Crippen LogP contribution in [0.4, 0.5) is 0 Å². The fourth-order valence-electron chi connectivity index (χ4n) is 3.08. The summed E-state index contributed by atoms with van der Waals surface area (Å²) < 4.78 is 0. The topological polar surface area (TPSA) is 83.1 Å². The summed E-state index contributed by atoms with van der Waals surface area (Å²) in [4.78, 5) is 0. The third kappa shape index (κ3) is 1.09. The van der Waals surface area contributed by atoms with Gasteiger partial charge in [-0.1, -0.05) is 12.2 Å². The average Bonchev–Trinajstić information content (AvgIpc) is 2.82. The van der Waals surface area contributed by atoms with Gasteiger partial charge in [0.2, 0.25) is 5.82 Å². The number of tetrazole rings is 1. The van der Waals surface area contributed by atoms with Crippen LogP contribution in [-0.2, 0) is 6.42 Å². The number of nitrogens with zero attached hydrogens (tertiary/aromatic N) is 4. The lowest BCUT2D eigenvalue weighted by Gasteiger charge is -1.98. The molecule has 2 aromatic heterocycles. The second-order valence-corrected chi connectivity index (χ2v) is 4.69. The first kappa shape index (κ1) is 9.09. The van der Waals surface area contributed by atoms with Gasteiger partial charge in [-0.2, -0.15) is 10.3 Å². The molecule has 6 nitrogen and oxygen atoms in total. The molecular formula is C11H12N6. The van der Waals surface area contributed by atoms with Crippen molar-refractivity contribution in [2.45, 2.75) is 19.3 Å². The van der Waals surface area contributed by atoms with E-state index in [1.165, 1.54) is 11.3 Å². The molecule has 0 spiro atoms. The Morgan fingerprint density at radius 1 is 1.35 bits per heavy atom. The van der Waals surface area contributed by atoms with E-state index in [0.29, 0.717) is 17.7 Å². The summed E-state index contributed by atoms with van der Waals surface area (Å²) in [6.45, 7) is 2.07. The van der Waals surface area contributed by atoms with Crippen molar-refractivity contribution in [1.29, 1.82) is 0 Å². The third-order valence-electron chi connectivity index (χ3n) is 3.87. The lowest BCUT2D eigenvalue weighted by Crippen LogP contribution is -1.92. The van der Waals surface area contributed by atoms with Crippen LogP contribution in [-0.4, -0.2) is 30.8 Å². The van der Waals surface area contributed by atoms with E-state index in [9.17, 15) is 0 Å². The first-order valence-corrected chi connectivity index (χ1v) is 5.84. The Morgan fingerprint density at radius 3 is 3.06 bits per heavy atom. The summed E-state index contributed by atoms with van der Waals surface area (Å²) in [7, 11) is 0. The minimum Gasteiger partial charge on any atom is -0.274 e. The first-order valence-electron chi connectivity index (χ1n) is 5.84. The quantitative estimate of drug-likeness (QED) is 0.752. The number of aromatic nitrogens is 6. The van der Waals surface area contributed by atoms with Crippen LogP contribution in [0.2, 0.25) is 0 Å². The van der Waals surface area contributed by atoms with E-state index < -0.39 is 0 Å². The SMILES string of the molecule is C/C=C\C1C2Cc3c(n[nH]c3-c3nn[nH]n3)C12. The molecule has 2 aliphatic rings. The lowest BCUT2D eigenvalue weighted by atomic mass is 10.1. The number of H-pyrrole nitrogens is 2. The highest BCUT2D eigenvalue weighted by molar-refractivity contribution is 5.60. The van der Waals surface area contributed by atoms with Crippen molar-refractivity contribution in [2.75, 3.05) is 0 Å². The highest BCUT2D eigenvalue weighted by atomic mass is 15.5. The summed E-state index contributed by atoms with van der Waals surface area (Å²) in [6, 6.07) is 0. The van der Waals surface area contributed by atoms with E-state index in [-0.39, 0.29) is 0 Å². The van der Waals surface area contributed by atoms with Crippen LogP contribution in [0.5, 0.6) is 0 Å². The van der Waals surface area contributed by atoms with Crippen molar-refractivity contribution in [1.82, 2.24) is 30.8 Å². The highest BCUT2D eigenvalue weighted by Gasteiger charge is 2.56. The van der Waals surface area contributed by atoms with Crippen molar-refractivity contribution >= 4 is 0 Å². The van der Waals surface area contributed by atoms with E-state index >= 15 is 0 Å². The van der Waals surface area contributed by atoms with E-state index in [1.54, 1.807) is 0 Å². The van der Waals surface area contributed by atoms with Gasteiger partial charge in [-0.15, -0.1) is 10.2 Å². The molecular weight excluding hydrogens is 216 g/mol. The van der Waals surface area contributed by atoms with Gasteiger partial charge in [-0.3, -0.25) is 5.10 Å². The zero-order valence-electron chi connectivity index (χ0n) is 9.38. The monoisotopic (exact) mass is 228 g/mol. The maximum atomic E-state index is 4.43. The van der Waals surface area contributed by atoms with Crippen LogP contribution in [0.3, 0.4) is 0 Å². The van der Waals surface area contributed by atoms with Crippen molar-refractivity contribution in [3.63, 3.8) is 0 Å². The zero-order valence-corrected chi connectivity index (χ0v) is 9.38. The molecule has 2 aromatic rings. The molecule has 1 saturated carbocycles. The molecule has 0 amide bonds. The molecule has 3 atom stereocenters. The van der Waals surface area contributed by atoms with E-state index in [0.717, 1.165) is 18.0 Å². The van der Waals surface area contributed by atoms with Crippen molar-refractivity contribution in [3.05, 3.63) is 23.4 Å². The molecule has 0 radical (unpaired) electrons. The fraction of sp³-hybridized carbons (Fsp3) is 0.455. The van der Waals surface area contributed by atoms with Crippen molar-refractivity contribution in [3.8, 4) is 11.5 Å². The Balaban J connectivity index is 1.73. The van der Waals surface area contributed by atoms with Gasteiger partial charge in [0.15, 0.2) is 0 Å². The third-order valence-corrected chi connectivity index (χ3v) is 3.87. The predicted molar refractivity (Wildman–Crippen MR) is 60.0 cm³/mol. The summed E-state index contributed by atoms with van der Waals surface area (Å²) >= 11 is 0. The van der Waals surface area contributed by atoms with Crippen LogP contribution < -0.4 is 0 Å². The highest BCUT2D eigenvalue weighted by Crippen LogP contribution is 2.62. The largest absolute Gasteiger partial charge is 0.274 e. The molecule has 3 unspecified atom stereocenters. The molecule has 2 N–H and O–H groups in total. The average molecular weight is 228 g/mol. The summed E-state index contributed by atoms with van der Waals surface area (Å²) in [5.74, 6) is 2.65. The normalized spacial score (nSPS) is 29.6. The van der Waals surface area contributed by atoms with Crippen LogP contribution in [0.25, 0.3) is 11.5 Å². The molecule has 4 rings (SSSR count). The summed E-state index contributed by atoms with van der Waals surface area (Å²) in [5, 5.41) is 21.5. The lowest BCUT2D eigenvalue weighted by molar-refractivity contribution is 0.797. The van der Waals surface area contributed by atoms with Crippen LogP contribution in [0.15, 0.2) is 12.2 Å². The second-order valence-electron chi connectivity index (χ2n) is 4.69. The molecule has 0 aromatic carbocycles. The van der Waals surface area contributed by atoms with Gasteiger partial charge < -0.3 is 0 Å². The molecule has 0 bridgehead atoms. The van der Waals surface area contributed by atoms with E-state index in [1.807, 2.05) is 0 Å². The van der Waals surface area contributed by atoms with Gasteiger partial charge in [0.05, 0.1) is 5.69 Å². The minimum atomic E-state index is 0.609. The van der Waals surface area contributed by atoms with Gasteiger partial charge in [-0.25, -0.2) is 0 Å². The zero-order chi connectivity index (χ0) is 11.4. The number of fused-ring (bicyclic) bond motifs is 3. The standard InChI is InChI=1S/C11H12N6/c1-2-3-5-6-4-7-9(8(5)6)12-13-10(7)11-14-16-17-15-11/h2-3,5-6,8H,4H2,1H3,(H,12,13)(H,14,15,16,17)/b3-2-. The molecule has 1 fully saturated rings. The maximum Gasteiger partial charge on any atom is 0.222 e. The molecule has 6 heteroatoms. The Labute approximate surface area is 97.5 Å². The van der Waals surface area contributed by atoms with E-state index in [2.05, 4.69) is 49.9 Å². The molecule has 86 valence electrons.